The van der Waals surface area contributed by atoms with E-state index in [1.807, 2.05) is 18.2 Å². The highest BCUT2D eigenvalue weighted by molar-refractivity contribution is 6.05. The zero-order chi connectivity index (χ0) is 12.8. The van der Waals surface area contributed by atoms with Gasteiger partial charge in [0, 0.05) is 22.5 Å². The summed E-state index contributed by atoms with van der Waals surface area (Å²) in [6, 6.07) is 11.7. The van der Waals surface area contributed by atoms with Gasteiger partial charge in [0.25, 0.3) is 0 Å². The minimum atomic E-state index is -4.44. The molecule has 0 radical (unpaired) electrons. The van der Waals surface area contributed by atoms with Crippen LogP contribution in [0.2, 0.25) is 0 Å². The molecule has 2 aromatic carbocycles. The largest absolute Gasteiger partial charge is 0.482 e. The van der Waals surface area contributed by atoms with E-state index in [9.17, 15) is 13.2 Å². The average Bonchev–Trinajstić information content (AvgIpc) is 2.64. The van der Waals surface area contributed by atoms with Crippen LogP contribution in [0.3, 0.4) is 0 Å². The van der Waals surface area contributed by atoms with E-state index in [2.05, 4.69) is 0 Å². The van der Waals surface area contributed by atoms with Crippen molar-refractivity contribution >= 4 is 27.6 Å². The van der Waals surface area contributed by atoms with Crippen LogP contribution in [0.5, 0.6) is 0 Å². The SMILES string of the molecule is FC(F)(F)Nc1ccc2c(c1)oc1ccccc12. The fourth-order valence-corrected chi connectivity index (χ4v) is 1.97. The Kier molecular flexibility index (Phi) is 2.23. The van der Waals surface area contributed by atoms with Crippen LogP contribution < -0.4 is 5.32 Å². The third-order valence-electron chi connectivity index (χ3n) is 2.66. The van der Waals surface area contributed by atoms with Crippen LogP contribution in [0.15, 0.2) is 46.9 Å². The molecule has 0 aliphatic heterocycles. The van der Waals surface area contributed by atoms with Crippen molar-refractivity contribution in [3.05, 3.63) is 42.5 Å². The number of fused-ring (bicyclic) bond motifs is 3. The van der Waals surface area contributed by atoms with Gasteiger partial charge in [-0.05, 0) is 18.2 Å². The molecular weight excluding hydrogens is 243 g/mol. The molecule has 0 saturated carbocycles. The van der Waals surface area contributed by atoms with Crippen molar-refractivity contribution in [3.8, 4) is 0 Å². The Hall–Kier alpha value is -2.17. The van der Waals surface area contributed by atoms with Gasteiger partial charge in [0.05, 0.1) is 0 Å². The Morgan fingerprint density at radius 2 is 1.61 bits per heavy atom. The van der Waals surface area contributed by atoms with Crippen molar-refractivity contribution in [2.24, 2.45) is 0 Å². The zero-order valence-corrected chi connectivity index (χ0v) is 9.08. The first-order valence-electron chi connectivity index (χ1n) is 5.29. The second-order valence-electron chi connectivity index (χ2n) is 3.93. The first-order chi connectivity index (χ1) is 8.53. The van der Waals surface area contributed by atoms with Crippen LogP contribution >= 0.6 is 0 Å². The van der Waals surface area contributed by atoms with Crippen LogP contribution in [0.4, 0.5) is 18.9 Å². The van der Waals surface area contributed by atoms with Gasteiger partial charge in [-0.15, -0.1) is 0 Å². The Morgan fingerprint density at radius 1 is 0.889 bits per heavy atom. The lowest BCUT2D eigenvalue weighted by molar-refractivity contribution is -0.0999. The van der Waals surface area contributed by atoms with Gasteiger partial charge in [-0.2, -0.15) is 13.2 Å². The molecule has 2 nitrogen and oxygen atoms in total. The maximum atomic E-state index is 12.2. The van der Waals surface area contributed by atoms with Crippen molar-refractivity contribution in [1.29, 1.82) is 0 Å². The lowest BCUT2D eigenvalue weighted by Gasteiger charge is -2.09. The number of para-hydroxylation sites is 1. The third kappa shape index (κ3) is 1.88. The molecule has 1 aromatic heterocycles. The molecule has 92 valence electrons. The molecule has 0 amide bonds. The van der Waals surface area contributed by atoms with Gasteiger partial charge in [-0.25, -0.2) is 0 Å². The predicted molar refractivity (Wildman–Crippen MR) is 63.4 cm³/mol. The van der Waals surface area contributed by atoms with Crippen molar-refractivity contribution in [2.75, 3.05) is 5.32 Å². The minimum Gasteiger partial charge on any atom is -0.456 e. The number of halogens is 3. The molecule has 5 heteroatoms. The molecule has 0 fully saturated rings. The van der Waals surface area contributed by atoms with Gasteiger partial charge >= 0.3 is 6.30 Å². The Bertz CT molecular complexity index is 715. The maximum absolute atomic E-state index is 12.2. The maximum Gasteiger partial charge on any atom is 0.482 e. The van der Waals surface area contributed by atoms with Crippen LogP contribution in [0, 0.1) is 0 Å². The third-order valence-corrected chi connectivity index (χ3v) is 2.66. The summed E-state index contributed by atoms with van der Waals surface area (Å²) in [6.45, 7) is 0. The fraction of sp³-hybridized carbons (Fsp3) is 0.0769. The first kappa shape index (κ1) is 11.0. The summed E-state index contributed by atoms with van der Waals surface area (Å²) >= 11 is 0. The quantitative estimate of drug-likeness (QED) is 0.643. The van der Waals surface area contributed by atoms with Crippen molar-refractivity contribution < 1.29 is 17.6 Å². The van der Waals surface area contributed by atoms with E-state index >= 15 is 0 Å². The van der Waals surface area contributed by atoms with E-state index in [4.69, 9.17) is 4.42 Å². The summed E-state index contributed by atoms with van der Waals surface area (Å²) in [6.07, 6.45) is -4.44. The molecule has 1 heterocycles. The molecular formula is C13H8F3NO. The number of anilines is 1. The fourth-order valence-electron chi connectivity index (χ4n) is 1.97. The summed E-state index contributed by atoms with van der Waals surface area (Å²) in [5, 5.41) is 3.16. The highest BCUT2D eigenvalue weighted by Crippen LogP contribution is 2.31. The van der Waals surface area contributed by atoms with Gasteiger partial charge in [-0.1, -0.05) is 18.2 Å². The van der Waals surface area contributed by atoms with E-state index in [0.29, 0.717) is 11.2 Å². The molecule has 0 aliphatic carbocycles. The minimum absolute atomic E-state index is 0.0333. The lowest BCUT2D eigenvalue weighted by atomic mass is 10.1. The number of benzene rings is 2. The second kappa shape index (κ2) is 3.66. The molecule has 0 atom stereocenters. The highest BCUT2D eigenvalue weighted by atomic mass is 19.4. The Morgan fingerprint density at radius 3 is 2.39 bits per heavy atom. The molecule has 3 rings (SSSR count). The number of furan rings is 1. The van der Waals surface area contributed by atoms with E-state index < -0.39 is 6.30 Å². The number of nitrogens with one attached hydrogen (secondary N) is 1. The second-order valence-corrected chi connectivity index (χ2v) is 3.93. The number of hydrogen-bond donors (Lipinski definition) is 1. The topological polar surface area (TPSA) is 25.2 Å². The number of alkyl halides is 3. The van der Waals surface area contributed by atoms with Gasteiger partial charge in [0.15, 0.2) is 0 Å². The standard InChI is InChI=1S/C13H8F3NO/c14-13(15,16)17-8-5-6-10-9-3-1-2-4-11(9)18-12(10)7-8/h1-7,17H. The number of rotatable bonds is 1. The summed E-state index contributed by atoms with van der Waals surface area (Å²) in [7, 11) is 0. The van der Waals surface area contributed by atoms with Crippen LogP contribution in [-0.4, -0.2) is 6.30 Å². The Labute approximate surface area is 100 Å². The molecule has 0 unspecified atom stereocenters. The van der Waals surface area contributed by atoms with Gasteiger partial charge < -0.3 is 4.42 Å². The van der Waals surface area contributed by atoms with Crippen LogP contribution in [-0.2, 0) is 0 Å². The Balaban J connectivity index is 2.15. The summed E-state index contributed by atoms with van der Waals surface area (Å²) in [5.74, 6) is 0. The predicted octanol–water partition coefficient (Wildman–Crippen LogP) is 4.52. The van der Waals surface area contributed by atoms with E-state index in [1.165, 1.54) is 17.4 Å². The van der Waals surface area contributed by atoms with Crippen molar-refractivity contribution in [1.82, 2.24) is 0 Å². The van der Waals surface area contributed by atoms with Gasteiger partial charge in [0.1, 0.15) is 11.2 Å². The molecule has 0 spiro atoms. The lowest BCUT2D eigenvalue weighted by Crippen LogP contribution is -2.20. The molecule has 0 saturated heterocycles. The highest BCUT2D eigenvalue weighted by Gasteiger charge is 2.27. The summed E-state index contributed by atoms with van der Waals surface area (Å²) in [5.41, 5.74) is 1.07. The monoisotopic (exact) mass is 251 g/mol. The van der Waals surface area contributed by atoms with E-state index in [-0.39, 0.29) is 5.69 Å². The number of hydrogen-bond acceptors (Lipinski definition) is 2. The summed E-state index contributed by atoms with van der Waals surface area (Å²) in [4.78, 5) is 0. The van der Waals surface area contributed by atoms with Crippen molar-refractivity contribution in [3.63, 3.8) is 0 Å². The smallest absolute Gasteiger partial charge is 0.456 e. The zero-order valence-electron chi connectivity index (χ0n) is 9.08. The molecule has 1 N–H and O–H groups in total. The molecule has 0 bridgehead atoms. The first-order valence-corrected chi connectivity index (χ1v) is 5.29. The molecule has 3 aromatic rings. The van der Waals surface area contributed by atoms with E-state index in [0.717, 1.165) is 10.8 Å². The van der Waals surface area contributed by atoms with Gasteiger partial charge in [0.2, 0.25) is 0 Å². The van der Waals surface area contributed by atoms with E-state index in [1.54, 1.807) is 12.1 Å². The molecule has 18 heavy (non-hydrogen) atoms. The van der Waals surface area contributed by atoms with Crippen molar-refractivity contribution in [2.45, 2.75) is 6.30 Å². The summed E-state index contributed by atoms with van der Waals surface area (Å²) < 4.78 is 42.1. The average molecular weight is 251 g/mol. The molecule has 0 aliphatic rings. The normalized spacial score (nSPS) is 12.2. The van der Waals surface area contributed by atoms with Crippen LogP contribution in [0.1, 0.15) is 0 Å². The van der Waals surface area contributed by atoms with Gasteiger partial charge in [-0.3, -0.25) is 5.32 Å². The van der Waals surface area contributed by atoms with Crippen LogP contribution in [0.25, 0.3) is 21.9 Å².